The second-order valence-electron chi connectivity index (χ2n) is 6.79. The van der Waals surface area contributed by atoms with E-state index in [1.807, 2.05) is 12.1 Å². The number of carbonyl (C=O) groups excluding carboxylic acids is 1. The number of halogens is 2. The third kappa shape index (κ3) is 3.74. The highest BCUT2D eigenvalue weighted by molar-refractivity contribution is 14.1. The molecular formula is C19H18ClIN2O4S. The van der Waals surface area contributed by atoms with Gasteiger partial charge in [0, 0.05) is 33.3 Å². The zero-order valence-electron chi connectivity index (χ0n) is 14.8. The van der Waals surface area contributed by atoms with Gasteiger partial charge in [-0.15, -0.1) is 0 Å². The first-order valence-electron chi connectivity index (χ1n) is 8.86. The van der Waals surface area contributed by atoms with Crippen molar-refractivity contribution in [2.75, 3.05) is 18.0 Å². The number of rotatable bonds is 3. The Hall–Kier alpha value is -1.36. The molecule has 2 aliphatic heterocycles. The third-order valence-corrected chi connectivity index (χ3v) is 7.87. The molecule has 0 radical (unpaired) electrons. The van der Waals surface area contributed by atoms with Crippen molar-refractivity contribution in [2.24, 2.45) is 0 Å². The van der Waals surface area contributed by atoms with Crippen LogP contribution in [-0.2, 0) is 21.4 Å². The smallest absolute Gasteiger partial charge is 0.414 e. The van der Waals surface area contributed by atoms with Crippen molar-refractivity contribution >= 4 is 56.0 Å². The summed E-state index contributed by atoms with van der Waals surface area (Å²) >= 11 is 8.16. The monoisotopic (exact) mass is 532 g/mol. The molecule has 0 N–H and O–H groups in total. The number of nitrogens with zero attached hydrogens (tertiary/aromatic N) is 2. The quantitative estimate of drug-likeness (QED) is 0.554. The van der Waals surface area contributed by atoms with Crippen molar-refractivity contribution in [3.05, 3.63) is 56.6 Å². The Balaban J connectivity index is 1.53. The van der Waals surface area contributed by atoms with Crippen molar-refractivity contribution in [3.63, 3.8) is 0 Å². The summed E-state index contributed by atoms with van der Waals surface area (Å²) in [7, 11) is -3.54. The molecule has 0 spiro atoms. The van der Waals surface area contributed by atoms with Gasteiger partial charge in [-0.3, -0.25) is 4.90 Å². The largest absolute Gasteiger partial charge is 0.444 e. The van der Waals surface area contributed by atoms with E-state index in [2.05, 4.69) is 22.6 Å². The number of hydrogen-bond acceptors (Lipinski definition) is 4. The van der Waals surface area contributed by atoms with E-state index in [9.17, 15) is 13.2 Å². The van der Waals surface area contributed by atoms with Crippen LogP contribution in [0.1, 0.15) is 18.4 Å². The molecule has 2 aromatic carbocycles. The van der Waals surface area contributed by atoms with Crippen LogP contribution >= 0.6 is 34.2 Å². The maximum absolute atomic E-state index is 12.9. The fourth-order valence-electron chi connectivity index (χ4n) is 3.68. The van der Waals surface area contributed by atoms with Gasteiger partial charge >= 0.3 is 6.09 Å². The van der Waals surface area contributed by atoms with Crippen molar-refractivity contribution in [2.45, 2.75) is 30.4 Å². The zero-order chi connectivity index (χ0) is 19.9. The molecule has 9 heteroatoms. The minimum absolute atomic E-state index is 0.116. The number of cyclic esters (lactones) is 1. The number of ether oxygens (including phenoxy) is 1. The van der Waals surface area contributed by atoms with Crippen LogP contribution < -0.4 is 4.90 Å². The molecule has 1 amide bonds. The molecule has 0 aromatic heterocycles. The van der Waals surface area contributed by atoms with Gasteiger partial charge in [0.05, 0.1) is 10.6 Å². The van der Waals surface area contributed by atoms with Gasteiger partial charge in [0.25, 0.3) is 0 Å². The molecule has 0 unspecified atom stereocenters. The van der Waals surface area contributed by atoms with Gasteiger partial charge in [-0.25, -0.2) is 13.2 Å². The Kier molecular flexibility index (Phi) is 5.56. The number of amides is 1. The molecule has 2 aliphatic rings. The van der Waals surface area contributed by atoms with Crippen molar-refractivity contribution < 1.29 is 17.9 Å². The first kappa shape index (κ1) is 19.9. The Morgan fingerprint density at radius 3 is 2.57 bits per heavy atom. The van der Waals surface area contributed by atoms with E-state index in [0.717, 1.165) is 14.8 Å². The molecule has 148 valence electrons. The van der Waals surface area contributed by atoms with Crippen LogP contribution in [0.2, 0.25) is 5.02 Å². The number of sulfonamides is 1. The Bertz CT molecular complexity index is 1020. The van der Waals surface area contributed by atoms with E-state index in [1.54, 1.807) is 35.2 Å². The fourth-order valence-corrected chi connectivity index (χ4v) is 6.14. The summed E-state index contributed by atoms with van der Waals surface area (Å²) in [5, 5.41) is 0.593. The molecule has 4 rings (SSSR count). The zero-order valence-corrected chi connectivity index (χ0v) is 18.6. The van der Waals surface area contributed by atoms with Crippen LogP contribution in [0.3, 0.4) is 0 Å². The van der Waals surface area contributed by atoms with Crippen molar-refractivity contribution in [1.29, 1.82) is 0 Å². The molecule has 0 aliphatic carbocycles. The number of carbonyl (C=O) groups is 1. The molecule has 1 fully saturated rings. The highest BCUT2D eigenvalue weighted by atomic mass is 127. The lowest BCUT2D eigenvalue weighted by molar-refractivity contribution is 0.136. The number of anilines is 1. The van der Waals surface area contributed by atoms with Crippen LogP contribution in [0, 0.1) is 3.57 Å². The van der Waals surface area contributed by atoms with Crippen LogP contribution in [0.4, 0.5) is 10.5 Å². The molecule has 6 nitrogen and oxygen atoms in total. The first-order valence-corrected chi connectivity index (χ1v) is 11.8. The van der Waals surface area contributed by atoms with E-state index in [4.69, 9.17) is 16.3 Å². The van der Waals surface area contributed by atoms with E-state index in [1.165, 1.54) is 4.31 Å². The van der Waals surface area contributed by atoms with E-state index >= 15 is 0 Å². The summed E-state index contributed by atoms with van der Waals surface area (Å²) in [4.78, 5) is 14.4. The van der Waals surface area contributed by atoms with Crippen LogP contribution in [-0.4, -0.2) is 37.9 Å². The van der Waals surface area contributed by atoms with Crippen LogP contribution in [0.25, 0.3) is 0 Å². The standard InChI is InChI=1S/C19H18ClIN2O4S/c20-14-4-5-18-13(10-14)12-27-19(24)23(18)16-6-8-22(9-7-16)28(25,26)17-3-1-2-15(21)11-17/h1-5,10-11,16H,6-9,12H2. The molecule has 2 heterocycles. The number of hydrogen-bond donors (Lipinski definition) is 0. The van der Waals surface area contributed by atoms with Gasteiger partial charge in [-0.1, -0.05) is 17.7 Å². The summed E-state index contributed by atoms with van der Waals surface area (Å²) in [6.45, 7) is 0.904. The Morgan fingerprint density at radius 2 is 1.86 bits per heavy atom. The Labute approximate surface area is 182 Å². The number of benzene rings is 2. The van der Waals surface area contributed by atoms with Gasteiger partial charge < -0.3 is 4.74 Å². The second-order valence-corrected chi connectivity index (χ2v) is 10.4. The Morgan fingerprint density at radius 1 is 1.11 bits per heavy atom. The summed E-state index contributed by atoms with van der Waals surface area (Å²) in [5.41, 5.74) is 1.65. The normalized spacial score (nSPS) is 18.6. The summed E-state index contributed by atoms with van der Waals surface area (Å²) in [5.74, 6) is 0. The third-order valence-electron chi connectivity index (χ3n) is 5.07. The number of piperidine rings is 1. The lowest BCUT2D eigenvalue weighted by atomic mass is 10.0. The molecular weight excluding hydrogens is 515 g/mol. The first-order chi connectivity index (χ1) is 13.4. The SMILES string of the molecule is O=C1OCc2cc(Cl)ccc2N1C1CCN(S(=O)(=O)c2cccc(I)c2)CC1. The highest BCUT2D eigenvalue weighted by Gasteiger charge is 2.37. The van der Waals surface area contributed by atoms with E-state index in [-0.39, 0.29) is 12.6 Å². The summed E-state index contributed by atoms with van der Waals surface area (Å²) in [6.07, 6.45) is 0.689. The second kappa shape index (κ2) is 7.81. The maximum atomic E-state index is 12.9. The molecule has 0 atom stereocenters. The van der Waals surface area contributed by atoms with Gasteiger partial charge in [0.15, 0.2) is 0 Å². The number of fused-ring (bicyclic) bond motifs is 1. The lowest BCUT2D eigenvalue weighted by Crippen LogP contribution is -2.50. The maximum Gasteiger partial charge on any atom is 0.414 e. The van der Waals surface area contributed by atoms with Crippen molar-refractivity contribution in [1.82, 2.24) is 4.31 Å². The lowest BCUT2D eigenvalue weighted by Gasteiger charge is -2.39. The highest BCUT2D eigenvalue weighted by Crippen LogP contribution is 2.34. The average Bonchev–Trinajstić information content (AvgIpc) is 2.68. The van der Waals surface area contributed by atoms with Gasteiger partial charge in [-0.05, 0) is 71.8 Å². The minimum Gasteiger partial charge on any atom is -0.444 e. The van der Waals surface area contributed by atoms with Crippen molar-refractivity contribution in [3.8, 4) is 0 Å². The molecule has 2 aromatic rings. The van der Waals surface area contributed by atoms with Crippen LogP contribution in [0.15, 0.2) is 47.4 Å². The summed E-state index contributed by atoms with van der Waals surface area (Å²) in [6, 6.07) is 12.2. The van der Waals surface area contributed by atoms with E-state index in [0.29, 0.717) is 35.8 Å². The van der Waals surface area contributed by atoms with Gasteiger partial charge in [0.2, 0.25) is 10.0 Å². The molecule has 28 heavy (non-hydrogen) atoms. The van der Waals surface area contributed by atoms with E-state index < -0.39 is 16.1 Å². The van der Waals surface area contributed by atoms with Gasteiger partial charge in [-0.2, -0.15) is 4.31 Å². The predicted molar refractivity (Wildman–Crippen MR) is 115 cm³/mol. The molecule has 0 saturated carbocycles. The topological polar surface area (TPSA) is 66.9 Å². The predicted octanol–water partition coefficient (Wildman–Crippen LogP) is 4.25. The average molecular weight is 533 g/mol. The van der Waals surface area contributed by atoms with Gasteiger partial charge in [0.1, 0.15) is 6.61 Å². The fraction of sp³-hybridized carbons (Fsp3) is 0.316. The summed E-state index contributed by atoms with van der Waals surface area (Å²) < 4.78 is 33.5. The van der Waals surface area contributed by atoms with Crippen LogP contribution in [0.5, 0.6) is 0 Å². The molecule has 1 saturated heterocycles. The molecule has 0 bridgehead atoms. The minimum atomic E-state index is -3.54.